The molecule has 6 N–H and O–H groups in total. The van der Waals surface area contributed by atoms with E-state index < -0.39 is 63.7 Å². The third-order valence-corrected chi connectivity index (χ3v) is 12.4. The Balaban J connectivity index is 1.20. The highest BCUT2D eigenvalue weighted by atomic mass is 32.2. The van der Waals surface area contributed by atoms with Gasteiger partial charge < -0.3 is 40.4 Å². The number of phenolic OH excluding ortho intramolecular Hbond substituents is 2. The smallest absolute Gasteiger partial charge is 0.352 e. The topological polar surface area (TPSA) is 233 Å². The van der Waals surface area contributed by atoms with Crippen molar-refractivity contribution in [1.29, 1.82) is 0 Å². The Hall–Kier alpha value is -4.75. The number of carbonyl (C=O) groups is 5. The van der Waals surface area contributed by atoms with Gasteiger partial charge >= 0.3 is 11.9 Å². The number of oxime groups is 1. The molecule has 5 aliphatic rings. The first-order chi connectivity index (χ1) is 24.4. The molecule has 19 heteroatoms. The maximum atomic E-state index is 14.2. The molecule has 0 spiro atoms. The van der Waals surface area contributed by atoms with E-state index in [0.717, 1.165) is 23.5 Å². The van der Waals surface area contributed by atoms with Crippen LogP contribution in [0.15, 0.2) is 33.9 Å². The summed E-state index contributed by atoms with van der Waals surface area (Å²) in [7, 11) is 0. The molecule has 4 saturated heterocycles. The summed E-state index contributed by atoms with van der Waals surface area (Å²) in [5, 5.41) is 43.8. The molecule has 1 aromatic heterocycles. The fourth-order valence-corrected chi connectivity index (χ4v) is 9.25. The number of aromatic nitrogens is 1. The van der Waals surface area contributed by atoms with Gasteiger partial charge in [-0.25, -0.2) is 19.0 Å². The number of ketones is 1. The number of quaternary nitrogens is 1. The number of nitrogens with two attached hydrogens (primary N) is 1. The van der Waals surface area contributed by atoms with Crippen LogP contribution in [0.3, 0.4) is 0 Å². The van der Waals surface area contributed by atoms with E-state index in [9.17, 15) is 48.8 Å². The third kappa shape index (κ3) is 6.67. The number of carboxylic acid groups (broad SMARTS) is 2. The highest BCUT2D eigenvalue weighted by Gasteiger charge is 2.57. The van der Waals surface area contributed by atoms with Crippen LogP contribution in [0.2, 0.25) is 0 Å². The van der Waals surface area contributed by atoms with Gasteiger partial charge in [0.25, 0.3) is 5.91 Å². The van der Waals surface area contributed by atoms with Crippen molar-refractivity contribution in [2.45, 2.75) is 62.3 Å². The first-order valence-corrected chi connectivity index (χ1v) is 18.3. The van der Waals surface area contributed by atoms with Gasteiger partial charge in [-0.2, -0.15) is 0 Å². The number of fused-ring (bicyclic) bond motifs is 5. The molecule has 2 amide bonds. The number of amides is 2. The number of hydrogen-bond acceptors (Lipinski definition) is 13. The molecule has 7 rings (SSSR count). The van der Waals surface area contributed by atoms with E-state index in [1.54, 1.807) is 4.90 Å². The number of phenols is 2. The highest BCUT2D eigenvalue weighted by Crippen LogP contribution is 2.49. The molecule has 16 nitrogen and oxygen atoms in total. The number of hydrogen-bond donors (Lipinski definition) is 5. The maximum absolute atomic E-state index is 14.2. The van der Waals surface area contributed by atoms with E-state index in [2.05, 4.69) is 10.1 Å². The molecule has 1 aromatic carbocycles. The molecule has 0 aliphatic carbocycles. The van der Waals surface area contributed by atoms with Crippen LogP contribution in [-0.2, 0) is 24.0 Å². The number of rotatable bonds is 11. The lowest BCUT2D eigenvalue weighted by Gasteiger charge is -2.52. The molecule has 0 unspecified atom stereocenters. The first kappa shape index (κ1) is 37.0. The van der Waals surface area contributed by atoms with Crippen LogP contribution < -0.4 is 5.73 Å². The number of thiazole rings is 1. The Bertz CT molecular complexity index is 1900. The number of β-lactam (4-membered cyclic amide) rings is 1. The Morgan fingerprint density at radius 1 is 1.15 bits per heavy atom. The zero-order valence-electron chi connectivity index (χ0n) is 28.4. The molecule has 6 heterocycles. The lowest BCUT2D eigenvalue weighted by molar-refractivity contribution is -0.925. The van der Waals surface area contributed by atoms with Gasteiger partial charge in [0.15, 0.2) is 33.9 Å². The van der Waals surface area contributed by atoms with Gasteiger partial charge in [0.05, 0.1) is 37.5 Å². The molecule has 2 bridgehead atoms. The van der Waals surface area contributed by atoms with Crippen LogP contribution in [0.25, 0.3) is 0 Å². The summed E-state index contributed by atoms with van der Waals surface area (Å²) in [6, 6.07) is 1.77. The normalized spacial score (nSPS) is 26.1. The lowest BCUT2D eigenvalue weighted by Crippen LogP contribution is -2.64. The summed E-state index contributed by atoms with van der Waals surface area (Å²) < 4.78 is 14.6. The number of nitrogens with zero attached hydrogens (tertiary/aromatic N) is 5. The van der Waals surface area contributed by atoms with Crippen LogP contribution in [0.5, 0.6) is 11.5 Å². The van der Waals surface area contributed by atoms with Crippen LogP contribution in [0.1, 0.15) is 56.1 Å². The Morgan fingerprint density at radius 2 is 1.85 bits per heavy atom. The zero-order chi connectivity index (χ0) is 37.9. The summed E-state index contributed by atoms with van der Waals surface area (Å²) in [5.41, 5.74) is 4.08. The summed E-state index contributed by atoms with van der Waals surface area (Å²) in [4.78, 5) is 77.3. The number of anilines is 1. The highest BCUT2D eigenvalue weighted by molar-refractivity contribution is 8.00. The molecular formula is C33H38FN6O10S2+. The molecule has 2 aromatic rings. The van der Waals surface area contributed by atoms with Gasteiger partial charge in [-0.05, 0) is 32.9 Å². The predicted molar refractivity (Wildman–Crippen MR) is 185 cm³/mol. The van der Waals surface area contributed by atoms with Crippen molar-refractivity contribution < 1.29 is 58.1 Å². The second-order valence-corrected chi connectivity index (χ2v) is 16.3. The lowest BCUT2D eigenvalue weighted by atomic mass is 9.88. The van der Waals surface area contributed by atoms with Crippen molar-refractivity contribution in [3.63, 3.8) is 0 Å². The van der Waals surface area contributed by atoms with Gasteiger partial charge in [-0.3, -0.25) is 19.3 Å². The maximum Gasteiger partial charge on any atom is 0.352 e. The number of carbonyl (C=O) groups excluding carboxylic acids is 3. The number of aromatic hydroxyl groups is 2. The standard InChI is InChI=1S/C33H37FN6O10S2/c1-15-19(13-40-7-4-17(5-8-40)38(6-9-40)27(44)16-10-20(34)26(43)23(42)11-16)25(30(46)47)39-28(45)18(29(39)52-15)12-22(41)24(21-14-51-32(35)36-21)37-50-33(2,3)31(48)49/h10-11,14-15,17-18,29H,4-9,12-13H2,1-3H3,(H5-,35,36,37,41,42,43,44,46,47,48,49)/p+1/t15-,17?,18+,29+,40?/m0/s1. The molecular weight excluding hydrogens is 724 g/mol. The van der Waals surface area contributed by atoms with Gasteiger partial charge in [-0.15, -0.1) is 23.1 Å². The largest absolute Gasteiger partial charge is 0.504 e. The first-order valence-electron chi connectivity index (χ1n) is 16.5. The van der Waals surface area contributed by atoms with Gasteiger partial charge in [-0.1, -0.05) is 5.16 Å². The average molecular weight is 762 g/mol. The van der Waals surface area contributed by atoms with Crippen molar-refractivity contribution in [1.82, 2.24) is 14.8 Å². The van der Waals surface area contributed by atoms with E-state index >= 15 is 0 Å². The Morgan fingerprint density at radius 3 is 2.44 bits per heavy atom. The van der Waals surface area contributed by atoms with E-state index in [1.165, 1.54) is 35.9 Å². The Kier molecular flexibility index (Phi) is 9.73. The second-order valence-electron chi connectivity index (χ2n) is 13.9. The minimum Gasteiger partial charge on any atom is -0.504 e. The quantitative estimate of drug-likeness (QED) is 0.0728. The number of halogens is 1. The van der Waals surface area contributed by atoms with Crippen molar-refractivity contribution in [3.05, 3.63) is 45.9 Å². The molecule has 0 saturated carbocycles. The minimum atomic E-state index is -1.78. The number of piperidine rings is 1. The van der Waals surface area contributed by atoms with Crippen LogP contribution in [-0.4, -0.2) is 130 Å². The number of carboxylic acids is 2. The van der Waals surface area contributed by atoms with E-state index in [1.807, 2.05) is 6.92 Å². The summed E-state index contributed by atoms with van der Waals surface area (Å²) >= 11 is 2.40. The number of thioether (sulfide) groups is 1. The molecule has 52 heavy (non-hydrogen) atoms. The SMILES string of the molecule is C[C@@H]1S[C@@H]2[C@H](CC(=O)/C(=N\OC(C)(C)C(=O)O)c3csc(N)n3)C(=O)N2C(C(=O)O)=C1C[N+]12CCC(CC1)N(C(=O)c1cc(O)c(O)c(F)c1)CC2. The number of nitrogen functional groups attached to an aromatic ring is 1. The van der Waals surface area contributed by atoms with Crippen molar-refractivity contribution in [3.8, 4) is 11.5 Å². The van der Waals surface area contributed by atoms with Crippen molar-refractivity contribution in [2.75, 3.05) is 38.5 Å². The molecule has 0 radical (unpaired) electrons. The van der Waals surface area contributed by atoms with Crippen molar-refractivity contribution in [2.24, 2.45) is 11.1 Å². The Labute approximate surface area is 304 Å². The zero-order valence-corrected chi connectivity index (χ0v) is 30.1. The number of benzene rings is 1. The summed E-state index contributed by atoms with van der Waals surface area (Å²) in [6.07, 6.45) is 0.850. The number of Topliss-reactive ketones (excluding diaryl/α,β-unsaturated/α-hetero) is 1. The van der Waals surface area contributed by atoms with Gasteiger partial charge in [0.2, 0.25) is 11.5 Å². The van der Waals surface area contributed by atoms with E-state index in [4.69, 9.17) is 10.6 Å². The van der Waals surface area contributed by atoms with Crippen molar-refractivity contribution >= 4 is 63.5 Å². The average Bonchev–Trinajstić information content (AvgIpc) is 3.33. The molecule has 5 aliphatic heterocycles. The van der Waals surface area contributed by atoms with Crippen LogP contribution >= 0.6 is 23.1 Å². The molecule has 4 fully saturated rings. The van der Waals surface area contributed by atoms with Gasteiger partial charge in [0, 0.05) is 47.1 Å². The summed E-state index contributed by atoms with van der Waals surface area (Å²) in [5.74, 6) is -7.95. The van der Waals surface area contributed by atoms with Crippen LogP contribution in [0.4, 0.5) is 9.52 Å². The van der Waals surface area contributed by atoms with E-state index in [-0.39, 0.29) is 45.5 Å². The minimum absolute atomic E-state index is 0.0548. The second kappa shape index (κ2) is 13.7. The monoisotopic (exact) mass is 761 g/mol. The van der Waals surface area contributed by atoms with Gasteiger partial charge in [0.1, 0.15) is 17.9 Å². The molecule has 3 atom stereocenters. The summed E-state index contributed by atoms with van der Waals surface area (Å²) in [6.45, 7) is 6.72. The van der Waals surface area contributed by atoms with Crippen LogP contribution in [0, 0.1) is 11.7 Å². The number of aliphatic carboxylic acids is 2. The predicted octanol–water partition coefficient (Wildman–Crippen LogP) is 2.21. The third-order valence-electron chi connectivity index (χ3n) is 10.2. The fraction of sp³-hybridized carbons (Fsp3) is 0.485. The molecule has 278 valence electrons. The fourth-order valence-electron chi connectivity index (χ4n) is 7.20. The van der Waals surface area contributed by atoms with E-state index in [0.29, 0.717) is 55.6 Å².